The minimum Gasteiger partial charge on any atom is -0.369 e. The summed E-state index contributed by atoms with van der Waals surface area (Å²) in [7, 11) is 0. The third-order valence-corrected chi connectivity index (χ3v) is 4.74. The van der Waals surface area contributed by atoms with Crippen LogP contribution in [0.2, 0.25) is 10.0 Å². The third kappa shape index (κ3) is 4.33. The monoisotopic (exact) mass is 329 g/mol. The fourth-order valence-corrected chi connectivity index (χ4v) is 2.83. The maximum absolute atomic E-state index is 10.7. The van der Waals surface area contributed by atoms with Crippen LogP contribution in [0.5, 0.6) is 0 Å². The third-order valence-electron chi connectivity index (χ3n) is 4.00. The Balaban J connectivity index is 1.88. The summed E-state index contributed by atoms with van der Waals surface area (Å²) in [4.78, 5) is 15.4. The van der Waals surface area contributed by atoms with Gasteiger partial charge < -0.3 is 15.4 Å². The lowest BCUT2D eigenvalue weighted by Crippen LogP contribution is -2.49. The summed E-state index contributed by atoms with van der Waals surface area (Å²) >= 11 is 12.0. The predicted octanol–water partition coefficient (Wildman–Crippen LogP) is 2.28. The lowest BCUT2D eigenvalue weighted by molar-refractivity contribution is -0.109. The van der Waals surface area contributed by atoms with Crippen molar-refractivity contribution in [3.63, 3.8) is 0 Å². The van der Waals surface area contributed by atoms with Gasteiger partial charge in [-0.15, -0.1) is 0 Å². The van der Waals surface area contributed by atoms with Crippen molar-refractivity contribution in [2.24, 2.45) is 11.7 Å². The van der Waals surface area contributed by atoms with Gasteiger partial charge in [-0.2, -0.15) is 0 Å². The first kappa shape index (κ1) is 16.6. The maximum Gasteiger partial charge on any atom is 0.137 e. The molecule has 1 fully saturated rings. The van der Waals surface area contributed by atoms with Gasteiger partial charge >= 0.3 is 0 Å². The molecule has 1 aliphatic heterocycles. The Morgan fingerprint density at radius 1 is 1.24 bits per heavy atom. The molecule has 2 rings (SSSR count). The Morgan fingerprint density at radius 3 is 2.48 bits per heavy atom. The number of anilines is 1. The average Bonchev–Trinajstić information content (AvgIpc) is 2.50. The second-order valence-electron chi connectivity index (χ2n) is 5.58. The van der Waals surface area contributed by atoms with Gasteiger partial charge in [0.05, 0.1) is 16.1 Å². The zero-order valence-electron chi connectivity index (χ0n) is 12.1. The van der Waals surface area contributed by atoms with Gasteiger partial charge in [-0.1, -0.05) is 30.1 Å². The van der Waals surface area contributed by atoms with Crippen molar-refractivity contribution in [2.75, 3.05) is 37.6 Å². The fraction of sp³-hybridized carbons (Fsp3) is 0.533. The van der Waals surface area contributed by atoms with Crippen LogP contribution in [0.15, 0.2) is 18.2 Å². The first-order chi connectivity index (χ1) is 10.0. The van der Waals surface area contributed by atoms with Crippen LogP contribution in [0, 0.1) is 5.92 Å². The fourth-order valence-electron chi connectivity index (χ4n) is 2.53. The molecule has 0 aromatic heterocycles. The highest BCUT2D eigenvalue weighted by Crippen LogP contribution is 2.27. The highest BCUT2D eigenvalue weighted by Gasteiger charge is 2.21. The summed E-state index contributed by atoms with van der Waals surface area (Å²) in [6.45, 7) is 6.65. The average molecular weight is 330 g/mol. The van der Waals surface area contributed by atoms with E-state index in [1.54, 1.807) is 0 Å². The number of halogens is 2. The van der Waals surface area contributed by atoms with E-state index in [-0.39, 0.29) is 12.0 Å². The number of hydrogen-bond acceptors (Lipinski definition) is 4. The summed E-state index contributed by atoms with van der Waals surface area (Å²) in [6, 6.07) is 5.36. The van der Waals surface area contributed by atoms with Gasteiger partial charge in [-0.25, -0.2) is 0 Å². The Labute approximate surface area is 135 Å². The van der Waals surface area contributed by atoms with Crippen molar-refractivity contribution in [1.82, 2.24) is 4.90 Å². The summed E-state index contributed by atoms with van der Waals surface area (Å²) < 4.78 is 0. The highest BCUT2D eigenvalue weighted by molar-refractivity contribution is 6.42. The SMILES string of the molecule is CC(CN1CCN(c2ccc(Cl)c(Cl)c2)CC1)C(N)C=O. The standard InChI is InChI=1S/C15H21Cl2N3O/c1-11(15(18)10-21)9-19-4-6-20(7-5-19)12-2-3-13(16)14(17)8-12/h2-3,8,10-11,15H,4-7,9,18H2,1H3. The number of hydrogen-bond donors (Lipinski definition) is 1. The van der Waals surface area contributed by atoms with Crippen molar-refractivity contribution < 1.29 is 4.79 Å². The second-order valence-corrected chi connectivity index (χ2v) is 6.39. The molecule has 1 heterocycles. The molecule has 6 heteroatoms. The van der Waals surface area contributed by atoms with E-state index >= 15 is 0 Å². The number of piperazine rings is 1. The Bertz CT molecular complexity index is 490. The van der Waals surface area contributed by atoms with E-state index in [4.69, 9.17) is 28.9 Å². The van der Waals surface area contributed by atoms with E-state index < -0.39 is 0 Å². The van der Waals surface area contributed by atoms with Gasteiger partial charge in [0.1, 0.15) is 6.29 Å². The number of nitrogens with zero attached hydrogens (tertiary/aromatic N) is 2. The molecule has 2 unspecified atom stereocenters. The topological polar surface area (TPSA) is 49.6 Å². The molecule has 2 atom stereocenters. The molecule has 2 N–H and O–H groups in total. The normalized spacial score (nSPS) is 19.3. The summed E-state index contributed by atoms with van der Waals surface area (Å²) in [5.41, 5.74) is 6.85. The Kier molecular flexibility index (Phi) is 5.88. The maximum atomic E-state index is 10.7. The van der Waals surface area contributed by atoms with Crippen LogP contribution in [0.1, 0.15) is 6.92 Å². The van der Waals surface area contributed by atoms with E-state index in [2.05, 4.69) is 9.80 Å². The van der Waals surface area contributed by atoms with Gasteiger partial charge in [0.2, 0.25) is 0 Å². The van der Waals surface area contributed by atoms with Gasteiger partial charge in [-0.05, 0) is 24.1 Å². The van der Waals surface area contributed by atoms with Gasteiger partial charge in [0.15, 0.2) is 0 Å². The molecular weight excluding hydrogens is 309 g/mol. The van der Waals surface area contributed by atoms with Crippen molar-refractivity contribution in [3.05, 3.63) is 28.2 Å². The van der Waals surface area contributed by atoms with Crippen LogP contribution in [0.25, 0.3) is 0 Å². The van der Waals surface area contributed by atoms with E-state index in [0.29, 0.717) is 10.0 Å². The van der Waals surface area contributed by atoms with Crippen LogP contribution < -0.4 is 10.6 Å². The van der Waals surface area contributed by atoms with Crippen molar-refractivity contribution in [1.29, 1.82) is 0 Å². The van der Waals surface area contributed by atoms with E-state index in [1.165, 1.54) is 0 Å². The summed E-state index contributed by atoms with van der Waals surface area (Å²) in [6.07, 6.45) is 0.830. The number of rotatable bonds is 5. The summed E-state index contributed by atoms with van der Waals surface area (Å²) in [5, 5.41) is 1.16. The van der Waals surface area contributed by atoms with Crippen molar-refractivity contribution >= 4 is 35.2 Å². The van der Waals surface area contributed by atoms with Crippen LogP contribution in [0.4, 0.5) is 5.69 Å². The Morgan fingerprint density at radius 2 is 1.90 bits per heavy atom. The first-order valence-corrected chi connectivity index (χ1v) is 7.90. The molecule has 116 valence electrons. The lowest BCUT2D eigenvalue weighted by Gasteiger charge is -2.37. The molecule has 0 amide bonds. The van der Waals surface area contributed by atoms with Crippen LogP contribution in [-0.2, 0) is 4.79 Å². The number of aldehydes is 1. The largest absolute Gasteiger partial charge is 0.369 e. The van der Waals surface area contributed by atoms with Crippen molar-refractivity contribution in [2.45, 2.75) is 13.0 Å². The molecule has 0 saturated carbocycles. The Hall–Kier alpha value is -0.810. The molecule has 0 bridgehead atoms. The molecule has 0 spiro atoms. The number of nitrogens with two attached hydrogens (primary N) is 1. The number of benzene rings is 1. The molecule has 1 aromatic rings. The predicted molar refractivity (Wildman–Crippen MR) is 88.3 cm³/mol. The van der Waals surface area contributed by atoms with Crippen LogP contribution in [-0.4, -0.2) is 50.0 Å². The van der Waals surface area contributed by atoms with Crippen molar-refractivity contribution in [3.8, 4) is 0 Å². The quantitative estimate of drug-likeness (QED) is 0.842. The van der Waals surface area contributed by atoms with Gasteiger partial charge in [0.25, 0.3) is 0 Å². The minimum absolute atomic E-state index is 0.180. The molecule has 21 heavy (non-hydrogen) atoms. The zero-order chi connectivity index (χ0) is 15.4. The van der Waals surface area contributed by atoms with Gasteiger partial charge in [-0.3, -0.25) is 4.90 Å². The molecule has 1 aromatic carbocycles. The number of carbonyl (C=O) groups excluding carboxylic acids is 1. The molecular formula is C15H21Cl2N3O. The zero-order valence-corrected chi connectivity index (χ0v) is 13.6. The van der Waals surface area contributed by atoms with Crippen LogP contribution in [0.3, 0.4) is 0 Å². The second kappa shape index (κ2) is 7.45. The van der Waals surface area contributed by atoms with E-state index in [9.17, 15) is 4.79 Å². The highest BCUT2D eigenvalue weighted by atomic mass is 35.5. The molecule has 1 saturated heterocycles. The van der Waals surface area contributed by atoms with E-state index in [0.717, 1.165) is 44.7 Å². The molecule has 1 aliphatic rings. The molecule has 4 nitrogen and oxygen atoms in total. The first-order valence-electron chi connectivity index (χ1n) is 7.14. The molecule has 0 aliphatic carbocycles. The lowest BCUT2D eigenvalue weighted by atomic mass is 10.0. The number of carbonyl (C=O) groups is 1. The minimum atomic E-state index is -0.377. The summed E-state index contributed by atoms with van der Waals surface area (Å²) in [5.74, 6) is 0.180. The molecule has 0 radical (unpaired) electrons. The van der Waals surface area contributed by atoms with E-state index in [1.807, 2.05) is 25.1 Å². The smallest absolute Gasteiger partial charge is 0.137 e. The van der Waals surface area contributed by atoms with Gasteiger partial charge in [0, 0.05) is 38.4 Å². The van der Waals surface area contributed by atoms with Crippen LogP contribution >= 0.6 is 23.2 Å².